The van der Waals surface area contributed by atoms with Crippen LogP contribution in [0.1, 0.15) is 89.9 Å². The lowest BCUT2D eigenvalue weighted by Crippen LogP contribution is -2.27. The molecular weight excluding hydrogens is 386 g/mol. The Kier molecular flexibility index (Phi) is 20.7. The maximum absolute atomic E-state index is 11.8. The van der Waals surface area contributed by atoms with Gasteiger partial charge in [-0.15, -0.1) is 0 Å². The number of hydrogen-bond acceptors (Lipinski definition) is 6. The second kappa shape index (κ2) is 22.0. The Hall–Kier alpha value is -1.71. The molecule has 0 bridgehead atoms. The molecule has 9 heteroatoms. The maximum atomic E-state index is 11.8. The highest BCUT2D eigenvalue weighted by Crippen LogP contribution is 2.06. The van der Waals surface area contributed by atoms with Gasteiger partial charge in [0.05, 0.1) is 0 Å². The van der Waals surface area contributed by atoms with Crippen molar-refractivity contribution in [3.05, 3.63) is 0 Å². The quantitative estimate of drug-likeness (QED) is 0.0708. The Morgan fingerprint density at radius 2 is 1.00 bits per heavy atom. The highest BCUT2D eigenvalue weighted by atomic mass is 16.5. The van der Waals surface area contributed by atoms with Crippen molar-refractivity contribution in [2.75, 3.05) is 26.3 Å². The summed E-state index contributed by atoms with van der Waals surface area (Å²) in [5.41, 5.74) is 6.95. The fourth-order valence-electron chi connectivity index (χ4n) is 3.05. The summed E-state index contributed by atoms with van der Waals surface area (Å²) in [6, 6.07) is 0. The van der Waals surface area contributed by atoms with Crippen LogP contribution in [-0.2, 0) is 14.4 Å². The minimum Gasteiger partial charge on any atom is -0.356 e. The average Bonchev–Trinajstić information content (AvgIpc) is 2.74. The summed E-state index contributed by atoms with van der Waals surface area (Å²) in [5, 5.41) is 17.3. The molecule has 3 amide bonds. The smallest absolute Gasteiger partial charge is 0.243 e. The van der Waals surface area contributed by atoms with E-state index < -0.39 is 0 Å². The molecule has 30 heavy (non-hydrogen) atoms. The van der Waals surface area contributed by atoms with Gasteiger partial charge in [-0.25, -0.2) is 5.48 Å². The van der Waals surface area contributed by atoms with Crippen molar-refractivity contribution in [1.82, 2.24) is 21.4 Å². The van der Waals surface area contributed by atoms with Crippen LogP contribution >= 0.6 is 0 Å². The summed E-state index contributed by atoms with van der Waals surface area (Å²) in [4.78, 5) is 34.2. The Morgan fingerprint density at radius 1 is 0.567 bits per heavy atom. The van der Waals surface area contributed by atoms with Gasteiger partial charge in [0.1, 0.15) is 0 Å². The molecule has 176 valence electrons. The van der Waals surface area contributed by atoms with Crippen molar-refractivity contribution >= 4 is 17.7 Å². The van der Waals surface area contributed by atoms with Crippen LogP contribution in [-0.4, -0.2) is 49.2 Å². The van der Waals surface area contributed by atoms with Crippen LogP contribution < -0.4 is 27.2 Å². The van der Waals surface area contributed by atoms with Crippen molar-refractivity contribution in [2.24, 2.45) is 5.73 Å². The molecule has 0 saturated heterocycles. The Labute approximate surface area is 181 Å². The molecule has 0 atom stereocenters. The molecule has 0 aromatic heterocycles. The molecule has 0 aliphatic rings. The molecule has 7 N–H and O–H groups in total. The summed E-state index contributed by atoms with van der Waals surface area (Å²) < 4.78 is 0. The topological polar surface area (TPSA) is 146 Å². The molecule has 0 unspecified atom stereocenters. The molecule has 0 aliphatic carbocycles. The van der Waals surface area contributed by atoms with E-state index in [0.29, 0.717) is 32.5 Å². The van der Waals surface area contributed by atoms with Gasteiger partial charge < -0.3 is 21.7 Å². The van der Waals surface area contributed by atoms with Crippen LogP contribution in [0, 0.1) is 0 Å². The lowest BCUT2D eigenvalue weighted by molar-refractivity contribution is -0.129. The SMILES string of the molecule is NCNCCCC(=O)NCCCCCCCC(=O)NCCCCCCCC(=O)NO. The van der Waals surface area contributed by atoms with Crippen LogP contribution in [0.2, 0.25) is 0 Å². The van der Waals surface area contributed by atoms with E-state index in [1.165, 1.54) is 0 Å². The third-order valence-electron chi connectivity index (χ3n) is 4.83. The summed E-state index contributed by atoms with van der Waals surface area (Å²) in [7, 11) is 0. The number of hydrogen-bond donors (Lipinski definition) is 6. The lowest BCUT2D eigenvalue weighted by Gasteiger charge is -2.06. The van der Waals surface area contributed by atoms with E-state index in [1.807, 2.05) is 0 Å². The monoisotopic (exact) mass is 429 g/mol. The van der Waals surface area contributed by atoms with E-state index >= 15 is 0 Å². The van der Waals surface area contributed by atoms with E-state index in [2.05, 4.69) is 16.0 Å². The van der Waals surface area contributed by atoms with Gasteiger partial charge in [-0.05, 0) is 38.6 Å². The van der Waals surface area contributed by atoms with E-state index in [1.54, 1.807) is 5.48 Å². The van der Waals surface area contributed by atoms with Gasteiger partial charge in [-0.3, -0.25) is 19.6 Å². The van der Waals surface area contributed by atoms with Gasteiger partial charge in [0, 0.05) is 39.0 Å². The molecule has 9 nitrogen and oxygen atoms in total. The second-order valence-corrected chi connectivity index (χ2v) is 7.58. The highest BCUT2D eigenvalue weighted by molar-refractivity contribution is 5.76. The fourth-order valence-corrected chi connectivity index (χ4v) is 3.05. The number of unbranched alkanes of at least 4 members (excludes halogenated alkanes) is 8. The third kappa shape index (κ3) is 21.0. The number of carbonyl (C=O) groups excluding carboxylic acids is 3. The summed E-state index contributed by atoms with van der Waals surface area (Å²) in [6.07, 6.45) is 12.1. The van der Waals surface area contributed by atoms with Crippen LogP contribution in [0.4, 0.5) is 0 Å². The van der Waals surface area contributed by atoms with Gasteiger partial charge in [-0.1, -0.05) is 38.5 Å². The van der Waals surface area contributed by atoms with Crippen molar-refractivity contribution in [2.45, 2.75) is 89.9 Å². The van der Waals surface area contributed by atoms with Crippen molar-refractivity contribution in [3.63, 3.8) is 0 Å². The molecular formula is C21H43N5O4. The first-order chi connectivity index (χ1) is 14.6. The van der Waals surface area contributed by atoms with Gasteiger partial charge in [0.15, 0.2) is 0 Å². The first kappa shape index (κ1) is 28.3. The fraction of sp³-hybridized carbons (Fsp3) is 0.857. The number of hydroxylamine groups is 1. The number of nitrogens with one attached hydrogen (secondary N) is 4. The normalized spacial score (nSPS) is 10.6. The maximum Gasteiger partial charge on any atom is 0.243 e. The lowest BCUT2D eigenvalue weighted by atomic mass is 10.1. The van der Waals surface area contributed by atoms with Crippen molar-refractivity contribution in [3.8, 4) is 0 Å². The number of amides is 3. The van der Waals surface area contributed by atoms with Crippen molar-refractivity contribution in [1.29, 1.82) is 0 Å². The van der Waals surface area contributed by atoms with Crippen LogP contribution in [0.3, 0.4) is 0 Å². The molecule has 0 saturated carbocycles. The van der Waals surface area contributed by atoms with Gasteiger partial charge >= 0.3 is 0 Å². The Balaban J connectivity index is 3.28. The summed E-state index contributed by atoms with van der Waals surface area (Å²) in [6.45, 7) is 2.64. The van der Waals surface area contributed by atoms with E-state index in [4.69, 9.17) is 10.9 Å². The predicted octanol–water partition coefficient (Wildman–Crippen LogP) is 1.69. The largest absolute Gasteiger partial charge is 0.356 e. The Bertz CT molecular complexity index is 449. The number of nitrogens with two attached hydrogens (primary N) is 1. The minimum atomic E-state index is -0.336. The van der Waals surface area contributed by atoms with Crippen LogP contribution in [0.15, 0.2) is 0 Å². The van der Waals surface area contributed by atoms with Gasteiger partial charge in [-0.2, -0.15) is 0 Å². The first-order valence-corrected chi connectivity index (χ1v) is 11.5. The molecule has 0 aromatic rings. The number of rotatable bonds is 21. The van der Waals surface area contributed by atoms with E-state index in [0.717, 1.165) is 83.7 Å². The van der Waals surface area contributed by atoms with Gasteiger partial charge in [0.25, 0.3) is 0 Å². The van der Waals surface area contributed by atoms with Gasteiger partial charge in [0.2, 0.25) is 17.7 Å². The highest BCUT2D eigenvalue weighted by Gasteiger charge is 2.02. The summed E-state index contributed by atoms with van der Waals surface area (Å²) in [5.74, 6) is -0.123. The first-order valence-electron chi connectivity index (χ1n) is 11.5. The zero-order chi connectivity index (χ0) is 22.3. The van der Waals surface area contributed by atoms with E-state index in [-0.39, 0.29) is 17.7 Å². The Morgan fingerprint density at radius 3 is 1.50 bits per heavy atom. The molecule has 0 heterocycles. The molecule has 0 fully saturated rings. The molecule has 0 rings (SSSR count). The molecule has 0 spiro atoms. The number of carbonyl (C=O) groups is 3. The zero-order valence-corrected chi connectivity index (χ0v) is 18.5. The molecule has 0 aromatic carbocycles. The van der Waals surface area contributed by atoms with E-state index in [9.17, 15) is 14.4 Å². The van der Waals surface area contributed by atoms with Crippen molar-refractivity contribution < 1.29 is 19.6 Å². The standard InChI is InChI=1S/C21H43N5O4/c22-18-23-15-11-14-20(28)25-17-10-5-1-3-7-12-19(27)24-16-9-6-2-4-8-13-21(29)26-30/h23,30H,1-18,22H2,(H,24,27)(H,25,28)(H,26,29). The summed E-state index contributed by atoms with van der Waals surface area (Å²) >= 11 is 0. The van der Waals surface area contributed by atoms with Crippen LogP contribution in [0.25, 0.3) is 0 Å². The predicted molar refractivity (Wildman–Crippen MR) is 118 cm³/mol. The average molecular weight is 430 g/mol. The second-order valence-electron chi connectivity index (χ2n) is 7.58. The van der Waals surface area contributed by atoms with Crippen LogP contribution in [0.5, 0.6) is 0 Å². The molecule has 0 radical (unpaired) electrons. The molecule has 0 aliphatic heterocycles. The zero-order valence-electron chi connectivity index (χ0n) is 18.5. The minimum absolute atomic E-state index is 0.0968. The third-order valence-corrected chi connectivity index (χ3v) is 4.83.